The van der Waals surface area contributed by atoms with Gasteiger partial charge in [-0.2, -0.15) is 0 Å². The zero-order chi connectivity index (χ0) is 26.3. The van der Waals surface area contributed by atoms with E-state index in [1.165, 1.54) is 30.2 Å². The molecule has 0 saturated carbocycles. The quantitative estimate of drug-likeness (QED) is 0.209. The van der Waals surface area contributed by atoms with E-state index in [2.05, 4.69) is 86.9 Å². The van der Waals surface area contributed by atoms with Gasteiger partial charge in [-0.1, -0.05) is 128 Å². The van der Waals surface area contributed by atoms with Crippen LogP contribution >= 0.6 is 0 Å². The molecule has 0 radical (unpaired) electrons. The van der Waals surface area contributed by atoms with Crippen molar-refractivity contribution in [3.63, 3.8) is 0 Å². The molecule has 6 heteroatoms. The molecule has 0 aliphatic heterocycles. The molecule has 36 heavy (non-hydrogen) atoms. The van der Waals surface area contributed by atoms with Crippen LogP contribution < -0.4 is 10.4 Å². The van der Waals surface area contributed by atoms with Gasteiger partial charge in [0, 0.05) is 0 Å². The van der Waals surface area contributed by atoms with E-state index in [1.54, 1.807) is 0 Å². The summed E-state index contributed by atoms with van der Waals surface area (Å²) >= 11 is 0. The van der Waals surface area contributed by atoms with Crippen molar-refractivity contribution in [3.8, 4) is 0 Å². The molecule has 0 N–H and O–H groups in total. The van der Waals surface area contributed by atoms with Crippen LogP contribution in [0, 0.1) is 5.92 Å². The van der Waals surface area contributed by atoms with Gasteiger partial charge in [-0.15, -0.1) is 0 Å². The van der Waals surface area contributed by atoms with Crippen molar-refractivity contribution < 1.29 is 19.1 Å². The summed E-state index contributed by atoms with van der Waals surface area (Å²) in [6.45, 7) is 9.29. The fourth-order valence-electron chi connectivity index (χ4n) is 5.46. The molecule has 0 heterocycles. The zero-order valence-corrected chi connectivity index (χ0v) is 24.2. The molecule has 3 aromatic rings. The first-order chi connectivity index (χ1) is 17.1. The second kappa shape index (κ2) is 11.8. The van der Waals surface area contributed by atoms with Gasteiger partial charge in [0.1, 0.15) is 0 Å². The standard InChI is InChI=1S/C30H38O4Si2/c1-33-29(31)28(30(32)34-2)27(36(5,6)25-20-14-9-15-21-25)22-26(23-16-10-7-11-17-23)35(3,4)24-18-12-8-13-19-24/h7-21,26-28H,22H2,1-6H3/t26-,27-/m1/s1. The van der Waals surface area contributed by atoms with Crippen molar-refractivity contribution >= 4 is 38.5 Å². The van der Waals surface area contributed by atoms with E-state index in [9.17, 15) is 9.59 Å². The number of carbonyl (C=O) groups is 2. The first-order valence-electron chi connectivity index (χ1n) is 12.5. The lowest BCUT2D eigenvalue weighted by Crippen LogP contribution is -2.55. The topological polar surface area (TPSA) is 52.6 Å². The molecule has 3 aromatic carbocycles. The Bertz CT molecular complexity index is 1120. The predicted octanol–water partition coefficient (Wildman–Crippen LogP) is 5.26. The Hall–Kier alpha value is -2.97. The first-order valence-corrected chi connectivity index (χ1v) is 18.6. The Morgan fingerprint density at radius 1 is 0.639 bits per heavy atom. The van der Waals surface area contributed by atoms with Gasteiger partial charge >= 0.3 is 11.9 Å². The molecule has 4 nitrogen and oxygen atoms in total. The highest BCUT2D eigenvalue weighted by Gasteiger charge is 2.49. The number of methoxy groups -OCH3 is 2. The van der Waals surface area contributed by atoms with Gasteiger partial charge in [-0.25, -0.2) is 0 Å². The Morgan fingerprint density at radius 2 is 1.03 bits per heavy atom. The third-order valence-corrected chi connectivity index (χ3v) is 16.2. The van der Waals surface area contributed by atoms with Crippen molar-refractivity contribution in [3.05, 3.63) is 96.6 Å². The Balaban J connectivity index is 2.21. The molecule has 0 aliphatic rings. The number of benzene rings is 3. The summed E-state index contributed by atoms with van der Waals surface area (Å²) in [7, 11) is -1.79. The molecule has 3 rings (SSSR count). The average Bonchev–Trinajstić information content (AvgIpc) is 2.91. The zero-order valence-electron chi connectivity index (χ0n) is 22.2. The smallest absolute Gasteiger partial charge is 0.320 e. The van der Waals surface area contributed by atoms with E-state index in [4.69, 9.17) is 9.47 Å². The largest absolute Gasteiger partial charge is 0.468 e. The van der Waals surface area contributed by atoms with Crippen LogP contribution in [0.15, 0.2) is 91.0 Å². The van der Waals surface area contributed by atoms with Crippen LogP contribution in [0.25, 0.3) is 0 Å². The van der Waals surface area contributed by atoms with Crippen LogP contribution in [-0.2, 0) is 19.1 Å². The van der Waals surface area contributed by atoms with Crippen molar-refractivity contribution in [1.82, 2.24) is 0 Å². The van der Waals surface area contributed by atoms with Gasteiger partial charge in [0.05, 0.1) is 30.4 Å². The summed E-state index contributed by atoms with van der Waals surface area (Å²) < 4.78 is 10.4. The summed E-state index contributed by atoms with van der Waals surface area (Å²) in [6.07, 6.45) is 0.696. The molecule has 2 atom stereocenters. The van der Waals surface area contributed by atoms with E-state index < -0.39 is 34.0 Å². The minimum absolute atomic E-state index is 0.179. The maximum absolute atomic E-state index is 13.2. The van der Waals surface area contributed by atoms with Gasteiger partial charge in [-0.05, 0) is 23.1 Å². The summed E-state index contributed by atoms with van der Waals surface area (Å²) in [5.74, 6) is -2.02. The SMILES string of the molecule is COC(=O)C(C(=O)OC)[C@@H](C[C@H](c1ccccc1)[Si](C)(C)c1ccccc1)[Si](C)(C)c1ccccc1. The van der Waals surface area contributed by atoms with E-state index in [0.29, 0.717) is 6.42 Å². The van der Waals surface area contributed by atoms with Crippen LogP contribution in [0.4, 0.5) is 0 Å². The molecule has 0 bridgehead atoms. The lowest BCUT2D eigenvalue weighted by Gasteiger charge is -2.42. The van der Waals surface area contributed by atoms with E-state index in [-0.39, 0.29) is 11.1 Å². The summed E-state index contributed by atoms with van der Waals surface area (Å²) in [5, 5.41) is 2.56. The Labute approximate surface area is 217 Å². The van der Waals surface area contributed by atoms with Crippen LogP contribution in [0.3, 0.4) is 0 Å². The monoisotopic (exact) mass is 518 g/mol. The Morgan fingerprint density at radius 3 is 1.44 bits per heavy atom. The lowest BCUT2D eigenvalue weighted by molar-refractivity contribution is -0.159. The molecular weight excluding hydrogens is 480 g/mol. The minimum Gasteiger partial charge on any atom is -0.468 e. The lowest BCUT2D eigenvalue weighted by atomic mass is 9.98. The normalized spacial score (nSPS) is 13.6. The van der Waals surface area contributed by atoms with E-state index in [0.717, 1.165) is 0 Å². The Kier molecular flexibility index (Phi) is 9.09. The number of esters is 2. The third-order valence-electron chi connectivity index (χ3n) is 7.84. The van der Waals surface area contributed by atoms with Crippen molar-refractivity contribution in [2.24, 2.45) is 5.92 Å². The second-order valence-electron chi connectivity index (χ2n) is 10.5. The minimum atomic E-state index is -2.38. The molecule has 0 aromatic heterocycles. The molecule has 0 spiro atoms. The maximum Gasteiger partial charge on any atom is 0.320 e. The molecule has 0 amide bonds. The van der Waals surface area contributed by atoms with Crippen molar-refractivity contribution in [1.29, 1.82) is 0 Å². The van der Waals surface area contributed by atoms with Gasteiger partial charge in [0.2, 0.25) is 0 Å². The molecule has 0 unspecified atom stereocenters. The predicted molar refractivity (Wildman–Crippen MR) is 152 cm³/mol. The van der Waals surface area contributed by atoms with Crippen LogP contribution in [-0.4, -0.2) is 42.3 Å². The third kappa shape index (κ3) is 5.87. The van der Waals surface area contributed by atoms with Gasteiger partial charge in [-0.3, -0.25) is 9.59 Å². The van der Waals surface area contributed by atoms with Crippen molar-refractivity contribution in [2.75, 3.05) is 14.2 Å². The average molecular weight is 519 g/mol. The molecular formula is C30H38O4Si2. The number of carbonyl (C=O) groups excluding carboxylic acids is 2. The van der Waals surface area contributed by atoms with Gasteiger partial charge in [0.25, 0.3) is 0 Å². The molecule has 0 saturated heterocycles. The van der Waals surface area contributed by atoms with Crippen LogP contribution in [0.2, 0.25) is 31.7 Å². The number of ether oxygens (including phenoxy) is 2. The number of hydrogen-bond donors (Lipinski definition) is 0. The highest BCUT2D eigenvalue weighted by atomic mass is 28.3. The van der Waals surface area contributed by atoms with Gasteiger partial charge in [0.15, 0.2) is 5.92 Å². The van der Waals surface area contributed by atoms with Crippen LogP contribution in [0.1, 0.15) is 17.5 Å². The highest BCUT2D eigenvalue weighted by molar-refractivity contribution is 6.92. The summed E-state index contributed by atoms with van der Waals surface area (Å²) in [6, 6.07) is 31.5. The fraction of sp³-hybridized carbons (Fsp3) is 0.333. The fourth-order valence-corrected chi connectivity index (χ4v) is 12.4. The summed E-state index contributed by atoms with van der Waals surface area (Å²) in [4.78, 5) is 26.4. The first kappa shape index (κ1) is 27.6. The molecule has 0 fully saturated rings. The second-order valence-corrected chi connectivity index (χ2v) is 20.0. The summed E-state index contributed by atoms with van der Waals surface area (Å²) in [5.41, 5.74) is 1.20. The maximum atomic E-state index is 13.2. The highest BCUT2D eigenvalue weighted by Crippen LogP contribution is 2.43. The van der Waals surface area contributed by atoms with Crippen molar-refractivity contribution in [2.45, 2.75) is 43.7 Å². The van der Waals surface area contributed by atoms with E-state index in [1.807, 2.05) is 30.3 Å². The van der Waals surface area contributed by atoms with Crippen LogP contribution in [0.5, 0.6) is 0 Å². The van der Waals surface area contributed by atoms with E-state index >= 15 is 0 Å². The van der Waals surface area contributed by atoms with Gasteiger partial charge < -0.3 is 9.47 Å². The number of hydrogen-bond acceptors (Lipinski definition) is 4. The number of rotatable bonds is 10. The molecule has 190 valence electrons. The molecule has 0 aliphatic carbocycles.